The van der Waals surface area contributed by atoms with E-state index in [1.54, 1.807) is 0 Å². The summed E-state index contributed by atoms with van der Waals surface area (Å²) in [6.45, 7) is 3.05. The number of carbonyl (C=O) groups is 1. The number of hydrogen-bond donors (Lipinski definition) is 1. The van der Waals surface area contributed by atoms with Gasteiger partial charge in [-0.05, 0) is 38.2 Å². The van der Waals surface area contributed by atoms with Crippen LogP contribution in [0.3, 0.4) is 0 Å². The van der Waals surface area contributed by atoms with Crippen molar-refractivity contribution < 1.29 is 4.79 Å². The van der Waals surface area contributed by atoms with E-state index in [1.165, 1.54) is 12.8 Å². The van der Waals surface area contributed by atoms with Gasteiger partial charge in [-0.1, -0.05) is 6.92 Å². The Morgan fingerprint density at radius 2 is 2.22 bits per heavy atom. The normalized spacial score (nSPS) is 23.6. The SMILES string of the molecule is CCC1CCCN1C(=O)c1cc(N)cn1C1CC1. The number of anilines is 1. The van der Waals surface area contributed by atoms with Gasteiger partial charge in [-0.15, -0.1) is 0 Å². The van der Waals surface area contributed by atoms with Crippen molar-refractivity contribution in [1.82, 2.24) is 9.47 Å². The lowest BCUT2D eigenvalue weighted by Gasteiger charge is -2.24. The Hall–Kier alpha value is -1.45. The van der Waals surface area contributed by atoms with Gasteiger partial charge < -0.3 is 15.2 Å². The van der Waals surface area contributed by atoms with Crippen LogP contribution in [-0.2, 0) is 0 Å². The van der Waals surface area contributed by atoms with Crippen molar-refractivity contribution in [3.63, 3.8) is 0 Å². The monoisotopic (exact) mass is 247 g/mol. The van der Waals surface area contributed by atoms with E-state index < -0.39 is 0 Å². The van der Waals surface area contributed by atoms with Gasteiger partial charge in [0.2, 0.25) is 0 Å². The molecule has 98 valence electrons. The van der Waals surface area contributed by atoms with Gasteiger partial charge >= 0.3 is 0 Å². The summed E-state index contributed by atoms with van der Waals surface area (Å²) in [6, 6.07) is 2.76. The highest BCUT2D eigenvalue weighted by molar-refractivity contribution is 5.94. The molecule has 2 aliphatic rings. The van der Waals surface area contributed by atoms with Gasteiger partial charge in [0.05, 0.1) is 5.69 Å². The molecule has 1 aromatic rings. The Balaban J connectivity index is 1.87. The molecular formula is C14H21N3O. The number of rotatable bonds is 3. The van der Waals surface area contributed by atoms with E-state index in [1.807, 2.05) is 17.2 Å². The highest BCUT2D eigenvalue weighted by Crippen LogP contribution is 2.37. The quantitative estimate of drug-likeness (QED) is 0.891. The molecule has 0 aromatic carbocycles. The smallest absolute Gasteiger partial charge is 0.270 e. The van der Waals surface area contributed by atoms with Crippen molar-refractivity contribution >= 4 is 11.6 Å². The summed E-state index contributed by atoms with van der Waals surface area (Å²) >= 11 is 0. The van der Waals surface area contributed by atoms with Crippen molar-refractivity contribution in [1.29, 1.82) is 0 Å². The van der Waals surface area contributed by atoms with Crippen molar-refractivity contribution in [2.45, 2.75) is 51.1 Å². The Labute approximate surface area is 108 Å². The summed E-state index contributed by atoms with van der Waals surface area (Å²) in [5.41, 5.74) is 7.35. The number of hydrogen-bond acceptors (Lipinski definition) is 2. The third kappa shape index (κ3) is 1.89. The van der Waals surface area contributed by atoms with E-state index in [2.05, 4.69) is 11.5 Å². The Morgan fingerprint density at radius 3 is 2.89 bits per heavy atom. The molecule has 1 atom stereocenters. The molecule has 0 radical (unpaired) electrons. The minimum absolute atomic E-state index is 0.169. The maximum absolute atomic E-state index is 12.6. The molecular weight excluding hydrogens is 226 g/mol. The molecule has 0 spiro atoms. The molecule has 1 aromatic heterocycles. The van der Waals surface area contributed by atoms with Crippen LogP contribution in [0, 0.1) is 0 Å². The van der Waals surface area contributed by atoms with Gasteiger partial charge in [0.15, 0.2) is 0 Å². The van der Waals surface area contributed by atoms with Gasteiger partial charge in [0.1, 0.15) is 5.69 Å². The summed E-state index contributed by atoms with van der Waals surface area (Å²) in [5.74, 6) is 0.169. The summed E-state index contributed by atoms with van der Waals surface area (Å²) < 4.78 is 2.09. The van der Waals surface area contributed by atoms with Crippen LogP contribution in [-0.4, -0.2) is 28.0 Å². The van der Waals surface area contributed by atoms with Crippen LogP contribution in [0.15, 0.2) is 12.3 Å². The van der Waals surface area contributed by atoms with Gasteiger partial charge in [0.25, 0.3) is 5.91 Å². The predicted molar refractivity (Wildman–Crippen MR) is 71.5 cm³/mol. The summed E-state index contributed by atoms with van der Waals surface area (Å²) in [6.07, 6.45) is 7.58. The highest BCUT2D eigenvalue weighted by Gasteiger charge is 2.33. The lowest BCUT2D eigenvalue weighted by molar-refractivity contribution is 0.0722. The Kier molecular flexibility index (Phi) is 2.80. The van der Waals surface area contributed by atoms with Crippen molar-refractivity contribution in [3.8, 4) is 0 Å². The molecule has 1 saturated heterocycles. The van der Waals surface area contributed by atoms with Crippen molar-refractivity contribution in [3.05, 3.63) is 18.0 Å². The second-order valence-corrected chi connectivity index (χ2v) is 5.50. The first-order valence-electron chi connectivity index (χ1n) is 6.99. The first-order chi connectivity index (χ1) is 8.70. The average Bonchev–Trinajstić information content (AvgIpc) is 2.97. The van der Waals surface area contributed by atoms with E-state index in [-0.39, 0.29) is 5.91 Å². The third-order valence-corrected chi connectivity index (χ3v) is 4.14. The largest absolute Gasteiger partial charge is 0.397 e. The van der Waals surface area contributed by atoms with Gasteiger partial charge in [0, 0.05) is 24.8 Å². The fourth-order valence-corrected chi connectivity index (χ4v) is 3.00. The van der Waals surface area contributed by atoms with Crippen LogP contribution < -0.4 is 5.73 Å². The van der Waals surface area contributed by atoms with E-state index >= 15 is 0 Å². The molecule has 4 heteroatoms. The van der Waals surface area contributed by atoms with E-state index in [9.17, 15) is 4.79 Å². The summed E-state index contributed by atoms with van der Waals surface area (Å²) in [4.78, 5) is 14.7. The molecule has 2 N–H and O–H groups in total. The minimum Gasteiger partial charge on any atom is -0.397 e. The van der Waals surface area contributed by atoms with Crippen molar-refractivity contribution in [2.24, 2.45) is 0 Å². The number of nitrogens with two attached hydrogens (primary N) is 1. The number of aromatic nitrogens is 1. The zero-order chi connectivity index (χ0) is 12.7. The van der Waals surface area contributed by atoms with E-state index in [0.29, 0.717) is 17.8 Å². The average molecular weight is 247 g/mol. The maximum Gasteiger partial charge on any atom is 0.270 e. The highest BCUT2D eigenvalue weighted by atomic mass is 16.2. The molecule has 2 fully saturated rings. The molecule has 18 heavy (non-hydrogen) atoms. The molecule has 0 bridgehead atoms. The zero-order valence-corrected chi connectivity index (χ0v) is 10.9. The molecule has 2 heterocycles. The zero-order valence-electron chi connectivity index (χ0n) is 10.9. The fraction of sp³-hybridized carbons (Fsp3) is 0.643. The van der Waals surface area contributed by atoms with Crippen LogP contribution in [0.5, 0.6) is 0 Å². The van der Waals surface area contributed by atoms with Crippen LogP contribution in [0.1, 0.15) is 55.6 Å². The number of likely N-dealkylation sites (tertiary alicyclic amines) is 1. The molecule has 1 aliphatic carbocycles. The molecule has 1 unspecified atom stereocenters. The third-order valence-electron chi connectivity index (χ3n) is 4.14. The number of nitrogens with zero attached hydrogens (tertiary/aromatic N) is 2. The molecule has 4 nitrogen and oxygen atoms in total. The number of amides is 1. The van der Waals surface area contributed by atoms with Gasteiger partial charge in [-0.3, -0.25) is 4.79 Å². The van der Waals surface area contributed by atoms with Crippen LogP contribution >= 0.6 is 0 Å². The molecule has 1 aliphatic heterocycles. The lowest BCUT2D eigenvalue weighted by atomic mass is 10.1. The molecule has 1 saturated carbocycles. The maximum atomic E-state index is 12.6. The van der Waals surface area contributed by atoms with Crippen LogP contribution in [0.25, 0.3) is 0 Å². The second kappa shape index (κ2) is 4.34. The fourth-order valence-electron chi connectivity index (χ4n) is 3.00. The molecule has 3 rings (SSSR count). The van der Waals surface area contributed by atoms with Crippen LogP contribution in [0.4, 0.5) is 5.69 Å². The van der Waals surface area contributed by atoms with Crippen molar-refractivity contribution in [2.75, 3.05) is 12.3 Å². The Bertz CT molecular complexity index is 462. The van der Waals surface area contributed by atoms with E-state index in [4.69, 9.17) is 5.73 Å². The Morgan fingerprint density at radius 1 is 1.44 bits per heavy atom. The second-order valence-electron chi connectivity index (χ2n) is 5.50. The lowest BCUT2D eigenvalue weighted by Crippen LogP contribution is -2.36. The number of carbonyl (C=O) groups excluding carboxylic acids is 1. The van der Waals surface area contributed by atoms with Gasteiger partial charge in [-0.25, -0.2) is 0 Å². The first-order valence-corrected chi connectivity index (χ1v) is 6.99. The standard InChI is InChI=1S/C14H21N3O/c1-2-11-4-3-7-16(11)14(18)13-8-10(15)9-17(13)12-5-6-12/h8-9,11-12H,2-7,15H2,1H3. The number of nitrogen functional groups attached to an aromatic ring is 1. The summed E-state index contributed by atoms with van der Waals surface area (Å²) in [5, 5.41) is 0. The predicted octanol–water partition coefficient (Wildman–Crippen LogP) is 2.42. The topological polar surface area (TPSA) is 51.3 Å². The van der Waals surface area contributed by atoms with E-state index in [0.717, 1.165) is 31.5 Å². The minimum atomic E-state index is 0.169. The van der Waals surface area contributed by atoms with Gasteiger partial charge in [-0.2, -0.15) is 0 Å². The molecule has 1 amide bonds. The summed E-state index contributed by atoms with van der Waals surface area (Å²) in [7, 11) is 0. The first kappa shape index (κ1) is 11.6. The van der Waals surface area contributed by atoms with Crippen LogP contribution in [0.2, 0.25) is 0 Å².